The molecule has 0 saturated carbocycles. The molecular weight excluding hydrogens is 1580 g/mol. The van der Waals surface area contributed by atoms with Gasteiger partial charge < -0.3 is 34.0 Å². The van der Waals surface area contributed by atoms with Crippen LogP contribution in [0.1, 0.15) is 73.6 Å². The van der Waals surface area contributed by atoms with Crippen molar-refractivity contribution >= 4 is 120 Å². The molecule has 9 heteroatoms. The zero-order chi connectivity index (χ0) is 85.5. The lowest BCUT2D eigenvalue weighted by Gasteiger charge is -2.49. The fraction of sp³-hybridized carbons (Fsp3) is 0.107. The van der Waals surface area contributed by atoms with Crippen LogP contribution < -0.4 is 66.8 Å². The number of hydrogen-bond acceptors (Lipinski definition) is 7. The minimum atomic E-state index is -0.964. The Kier molecular flexibility index (Phi) is 18.1. The summed E-state index contributed by atoms with van der Waals surface area (Å²) in [5.41, 5.74) is 37.5. The summed E-state index contributed by atoms with van der Waals surface area (Å²) in [6, 6.07) is 121. The van der Waals surface area contributed by atoms with E-state index in [-0.39, 0.29) is 37.1 Å². The lowest BCUT2D eigenvalue weighted by atomic mass is 9.33. The zero-order valence-electron chi connectivity index (χ0n) is 72.2. The highest BCUT2D eigenvalue weighted by molar-refractivity contribution is 7.01. The Morgan fingerprint density at radius 2 is 0.762 bits per heavy atom. The van der Waals surface area contributed by atoms with Gasteiger partial charge in [0.05, 0.1) is 22.5 Å². The van der Waals surface area contributed by atoms with E-state index in [1.54, 1.807) is 0 Å². The normalized spacial score (nSPS) is 18.9. The minimum Gasteiger partial charge on any atom is -0.458 e. The lowest BCUT2D eigenvalue weighted by Crippen LogP contribution is -2.62. The first kappa shape index (κ1) is 76.0. The number of para-hydroxylation sites is 7. The first-order valence-corrected chi connectivity index (χ1v) is 46.6. The number of allylic oxidation sites excluding steroid dienone is 22. The highest BCUT2D eigenvalue weighted by Gasteiger charge is 2.56. The second-order valence-corrected chi connectivity index (χ2v) is 36.2. The Hall–Kier alpha value is -15.3. The van der Waals surface area contributed by atoms with Crippen molar-refractivity contribution in [3.63, 3.8) is 0 Å². The summed E-state index contributed by atoms with van der Waals surface area (Å²) in [7, 11) is 0. The van der Waals surface area contributed by atoms with Crippen molar-refractivity contribution in [3.05, 3.63) is 487 Å². The molecule has 4 unspecified atom stereocenters. The molecule has 14 aromatic carbocycles. The lowest BCUT2D eigenvalue weighted by molar-refractivity contribution is 0.437. The van der Waals surface area contributed by atoms with Crippen LogP contribution in [0.4, 0.5) is 73.9 Å². The van der Waals surface area contributed by atoms with Gasteiger partial charge in [-0.15, -0.1) is 0 Å². The molecule has 0 aromatic heterocycles. The number of nitrogens with zero attached hydrogens (tertiary/aromatic N) is 5. The third-order valence-electron chi connectivity index (χ3n) is 29.3. The molecule has 14 aromatic rings. The topological polar surface area (TPSA) is 34.7 Å². The van der Waals surface area contributed by atoms with E-state index in [2.05, 4.69) is 455 Å². The number of rotatable bonds is 14. The van der Waals surface area contributed by atoms with Crippen LogP contribution in [0.15, 0.2) is 465 Å². The van der Waals surface area contributed by atoms with Crippen LogP contribution in [0.25, 0.3) is 22.3 Å². The van der Waals surface area contributed by atoms with E-state index in [0.717, 1.165) is 181 Å². The number of hydrogen-bond donors (Lipinski definition) is 0. The highest BCUT2D eigenvalue weighted by atomic mass is 16.5. The molecule has 26 rings (SSSR count). The van der Waals surface area contributed by atoms with E-state index in [4.69, 9.17) is 9.47 Å². The molecule has 5 heterocycles. The third kappa shape index (κ3) is 11.9. The smallest absolute Gasteiger partial charge is 0.256 e. The highest BCUT2D eigenvalue weighted by Crippen LogP contribution is 2.65. The minimum absolute atomic E-state index is 0.0228. The Balaban J connectivity index is 0.791. The molecule has 618 valence electrons. The second kappa shape index (κ2) is 31.0. The Morgan fingerprint density at radius 1 is 0.300 bits per heavy atom. The molecule has 0 bridgehead atoms. The van der Waals surface area contributed by atoms with Gasteiger partial charge in [0.15, 0.2) is 0 Å². The van der Waals surface area contributed by atoms with Gasteiger partial charge in [-0.25, -0.2) is 0 Å². The van der Waals surface area contributed by atoms with Gasteiger partial charge in [0.2, 0.25) is 0 Å². The van der Waals surface area contributed by atoms with Crippen LogP contribution in [-0.2, 0) is 5.41 Å². The molecule has 1 spiro atoms. The number of fused-ring (bicyclic) bond motifs is 17. The van der Waals surface area contributed by atoms with Gasteiger partial charge >= 0.3 is 0 Å². The fourth-order valence-electron chi connectivity index (χ4n) is 23.9. The molecular formula is C121H91B2N5O2. The maximum absolute atomic E-state index is 8.64. The number of benzene rings is 14. The predicted molar refractivity (Wildman–Crippen MR) is 541 cm³/mol. The summed E-state index contributed by atoms with van der Waals surface area (Å²) >= 11 is 0. The number of ether oxygens (including phenoxy) is 2. The summed E-state index contributed by atoms with van der Waals surface area (Å²) in [5, 5.41) is 0. The average Bonchev–Trinajstić information content (AvgIpc) is 1.47. The van der Waals surface area contributed by atoms with Crippen LogP contribution in [0, 0.1) is 23.7 Å². The SMILES string of the molecule is C1=CCC(C2=C(N3c4cc5c(cc4B4c6ccccc6Oc6cc(N(c7ccccc7)c7ccccc7-c7ccccc7)cc3c64)C3(c4cc6c(cc4O5)N(C4=C(C5C=CC=CC5)C=CCC4C4=CCCC=C4)c4cc(N(c5ccccc5)c5ccccc5)cc5c4B6c4ccccc4N5c4ccccc4)c4ccccc4-c4ccccc43)C(C3=CCCC=C3)CC=C2)C=C1. The third-order valence-corrected chi connectivity index (χ3v) is 29.3. The molecule has 7 aliphatic carbocycles. The van der Waals surface area contributed by atoms with E-state index in [1.807, 2.05) is 0 Å². The van der Waals surface area contributed by atoms with E-state index in [1.165, 1.54) is 77.8 Å². The standard InChI is InChI=1S/C121H91B2N5O2/c1-10-40-80(41-11-1)91-58-30-35-69-106(91)125(87-54-24-8-25-55-87)90-74-112-118-116(75-90)129-113-71-37-34-68-103(113)123(118)105-77-101-115(79-109(105)128(112)120-94(83-46-16-4-17-47-83)63-39-64-95(120)84-48-18-5-19-49-84)130-114-78-108-104(76-100(114)121(101)98-65-31-28-59-96(98)97-60-29-32-66-99(97)121)122-102-67-33-36-70-107(102)126(88-56-26-9-27-57-88)110-72-89(124(85-50-20-6-21-51-85)86-52-22-7-23-53-86)73-111(117(110)122)127(108)119-92(81-42-12-2-13-43-81)61-38-62-93(119)82-44-14-3-15-45-82/h1-2,4,6-14,16-18,20-42,44-46,48-61,63,65-79,81,83,93,95H,3,5,15,19,43,47,62,64H2. The molecule has 0 fully saturated rings. The van der Waals surface area contributed by atoms with E-state index in [0.29, 0.717) is 0 Å². The molecule has 4 atom stereocenters. The van der Waals surface area contributed by atoms with Gasteiger partial charge in [-0.1, -0.05) is 328 Å². The molecule has 0 radical (unpaired) electrons. The van der Waals surface area contributed by atoms with Gasteiger partial charge in [-0.05, 0) is 219 Å². The molecule has 5 aliphatic heterocycles. The molecule has 130 heavy (non-hydrogen) atoms. The van der Waals surface area contributed by atoms with Crippen LogP contribution >= 0.6 is 0 Å². The van der Waals surface area contributed by atoms with Gasteiger partial charge in [-0.3, -0.25) is 0 Å². The van der Waals surface area contributed by atoms with Crippen molar-refractivity contribution in [2.75, 3.05) is 24.5 Å². The first-order chi connectivity index (χ1) is 64.6. The maximum atomic E-state index is 8.64. The van der Waals surface area contributed by atoms with Crippen molar-refractivity contribution in [2.24, 2.45) is 23.7 Å². The second-order valence-electron chi connectivity index (χ2n) is 36.2. The fourth-order valence-corrected chi connectivity index (χ4v) is 23.9. The van der Waals surface area contributed by atoms with E-state index in [9.17, 15) is 0 Å². The summed E-state index contributed by atoms with van der Waals surface area (Å²) < 4.78 is 16.4. The van der Waals surface area contributed by atoms with Crippen molar-refractivity contribution in [1.29, 1.82) is 0 Å². The van der Waals surface area contributed by atoms with E-state index < -0.39 is 5.41 Å². The summed E-state index contributed by atoms with van der Waals surface area (Å²) in [4.78, 5) is 13.1. The molecule has 0 N–H and O–H groups in total. The summed E-state index contributed by atoms with van der Waals surface area (Å²) in [6.07, 6.45) is 50.8. The van der Waals surface area contributed by atoms with E-state index >= 15 is 0 Å². The molecule has 7 nitrogen and oxygen atoms in total. The van der Waals surface area contributed by atoms with Crippen molar-refractivity contribution < 1.29 is 9.47 Å². The van der Waals surface area contributed by atoms with Gasteiger partial charge in [-0.2, -0.15) is 0 Å². The summed E-state index contributed by atoms with van der Waals surface area (Å²) in [6.45, 7) is -0.595. The average molecular weight is 1670 g/mol. The van der Waals surface area contributed by atoms with Gasteiger partial charge in [0, 0.05) is 127 Å². The molecule has 12 aliphatic rings. The van der Waals surface area contributed by atoms with Crippen LogP contribution in [0.3, 0.4) is 0 Å². The molecule has 0 amide bonds. The van der Waals surface area contributed by atoms with Crippen molar-refractivity contribution in [3.8, 4) is 45.3 Å². The summed E-state index contributed by atoms with van der Waals surface area (Å²) in [5.74, 6) is 3.42. The maximum Gasteiger partial charge on any atom is 0.256 e. The largest absolute Gasteiger partial charge is 0.458 e. The zero-order valence-corrected chi connectivity index (χ0v) is 72.2. The number of anilines is 13. The van der Waals surface area contributed by atoms with Crippen LogP contribution in [0.2, 0.25) is 0 Å². The molecule has 0 saturated heterocycles. The first-order valence-electron chi connectivity index (χ1n) is 46.6. The Morgan fingerprint density at radius 3 is 1.32 bits per heavy atom. The Bertz CT molecular complexity index is 7350. The van der Waals surface area contributed by atoms with Crippen molar-refractivity contribution in [1.82, 2.24) is 0 Å². The van der Waals surface area contributed by atoms with Crippen molar-refractivity contribution in [2.45, 2.75) is 56.8 Å². The van der Waals surface area contributed by atoms with Gasteiger partial charge in [0.25, 0.3) is 13.4 Å². The van der Waals surface area contributed by atoms with Crippen LogP contribution in [0.5, 0.6) is 23.0 Å². The van der Waals surface area contributed by atoms with Crippen LogP contribution in [-0.4, -0.2) is 13.4 Å². The predicted octanol–water partition coefficient (Wildman–Crippen LogP) is 27.1. The monoisotopic (exact) mass is 1670 g/mol. The van der Waals surface area contributed by atoms with Gasteiger partial charge in [0.1, 0.15) is 23.0 Å². The Labute approximate surface area is 761 Å². The quantitative estimate of drug-likeness (QED) is 0.100.